The van der Waals surface area contributed by atoms with E-state index in [9.17, 15) is 9.59 Å². The molecule has 6 nitrogen and oxygen atoms in total. The van der Waals surface area contributed by atoms with Gasteiger partial charge in [0, 0.05) is 29.2 Å². The van der Waals surface area contributed by atoms with Gasteiger partial charge in [-0.3, -0.25) is 14.5 Å². The van der Waals surface area contributed by atoms with Crippen molar-refractivity contribution in [1.29, 1.82) is 0 Å². The average Bonchev–Trinajstić information content (AvgIpc) is 2.74. The van der Waals surface area contributed by atoms with Crippen molar-refractivity contribution >= 4 is 28.9 Å². The van der Waals surface area contributed by atoms with Crippen LogP contribution in [0.1, 0.15) is 5.56 Å². The van der Waals surface area contributed by atoms with Crippen LogP contribution in [0.2, 0.25) is 0 Å². The third kappa shape index (κ3) is 4.29. The lowest BCUT2D eigenvalue weighted by Gasteiger charge is -2.22. The minimum Gasteiger partial charge on any atom is -0.496 e. The fraction of sp³-hybridized carbons (Fsp3) is 0.0909. The van der Waals surface area contributed by atoms with Gasteiger partial charge in [0.15, 0.2) is 0 Å². The number of nitrogens with one attached hydrogen (secondary N) is 1. The summed E-state index contributed by atoms with van der Waals surface area (Å²) in [5, 5.41) is 2.67. The van der Waals surface area contributed by atoms with E-state index in [1.54, 1.807) is 61.7 Å². The molecule has 0 aliphatic heterocycles. The number of anilines is 3. The monoisotopic (exact) mass is 375 g/mol. The lowest BCUT2D eigenvalue weighted by Crippen LogP contribution is -2.40. The van der Waals surface area contributed by atoms with Gasteiger partial charge in [-0.1, -0.05) is 36.4 Å². The number of amides is 2. The Hall–Kier alpha value is -3.80. The van der Waals surface area contributed by atoms with Crippen molar-refractivity contribution in [2.75, 3.05) is 17.7 Å². The molecule has 3 N–H and O–H groups in total. The van der Waals surface area contributed by atoms with Gasteiger partial charge in [-0.15, -0.1) is 0 Å². The Balaban J connectivity index is 1.82. The van der Waals surface area contributed by atoms with E-state index in [4.69, 9.17) is 10.5 Å². The maximum Gasteiger partial charge on any atom is 0.320 e. The van der Waals surface area contributed by atoms with Gasteiger partial charge < -0.3 is 15.8 Å². The normalized spacial score (nSPS) is 10.2. The lowest BCUT2D eigenvalue weighted by molar-refractivity contribution is -0.137. The Labute approximate surface area is 163 Å². The van der Waals surface area contributed by atoms with E-state index in [2.05, 4.69) is 5.32 Å². The molecule has 6 heteroatoms. The number of hydrogen-bond donors (Lipinski definition) is 2. The number of methoxy groups -OCH3 is 1. The van der Waals surface area contributed by atoms with E-state index in [0.29, 0.717) is 22.8 Å². The van der Waals surface area contributed by atoms with Crippen molar-refractivity contribution in [3.63, 3.8) is 0 Å². The van der Waals surface area contributed by atoms with Gasteiger partial charge in [0.05, 0.1) is 7.11 Å². The first-order chi connectivity index (χ1) is 13.6. The summed E-state index contributed by atoms with van der Waals surface area (Å²) in [6.45, 7) is 0.180. The molecule has 0 saturated heterocycles. The van der Waals surface area contributed by atoms with Crippen LogP contribution in [0.5, 0.6) is 5.75 Å². The summed E-state index contributed by atoms with van der Waals surface area (Å²) in [5.74, 6) is -0.758. The summed E-state index contributed by atoms with van der Waals surface area (Å²) in [4.78, 5) is 26.9. The second-order valence-corrected chi connectivity index (χ2v) is 6.06. The standard InChI is InChI=1S/C22H21N3O3/c1-28-20-10-6-5-7-16(20)15-24-21(26)22(27)25(18-8-3-2-4-9-18)19-13-11-17(23)12-14-19/h2-14H,15,23H2,1H3,(H,24,26). The largest absolute Gasteiger partial charge is 0.496 e. The van der Waals surface area contributed by atoms with Gasteiger partial charge in [-0.25, -0.2) is 0 Å². The van der Waals surface area contributed by atoms with Gasteiger partial charge >= 0.3 is 11.8 Å². The molecule has 0 heterocycles. The molecule has 0 bridgehead atoms. The highest BCUT2D eigenvalue weighted by Gasteiger charge is 2.25. The summed E-state index contributed by atoms with van der Waals surface area (Å²) < 4.78 is 5.28. The minimum atomic E-state index is -0.716. The minimum absolute atomic E-state index is 0.180. The van der Waals surface area contributed by atoms with Crippen LogP contribution in [0.15, 0.2) is 78.9 Å². The molecule has 0 aliphatic carbocycles. The van der Waals surface area contributed by atoms with E-state index in [-0.39, 0.29) is 6.54 Å². The van der Waals surface area contributed by atoms with Crippen LogP contribution in [0.3, 0.4) is 0 Å². The van der Waals surface area contributed by atoms with Crippen molar-refractivity contribution in [2.24, 2.45) is 0 Å². The third-order valence-electron chi connectivity index (χ3n) is 4.19. The molecule has 3 rings (SSSR count). The molecular weight excluding hydrogens is 354 g/mol. The molecule has 0 aliphatic rings. The van der Waals surface area contributed by atoms with Crippen LogP contribution in [0, 0.1) is 0 Å². The second kappa shape index (κ2) is 8.73. The number of rotatable bonds is 5. The predicted octanol–water partition coefficient (Wildman–Crippen LogP) is 3.26. The maximum atomic E-state index is 13.0. The number of carbonyl (C=O) groups excluding carboxylic acids is 2. The Kier molecular flexibility index (Phi) is 5.91. The Bertz CT molecular complexity index is 956. The fourth-order valence-corrected chi connectivity index (χ4v) is 2.79. The maximum absolute atomic E-state index is 13.0. The summed E-state index contributed by atoms with van der Waals surface area (Å²) in [5.41, 5.74) is 8.24. The Morgan fingerprint density at radius 3 is 2.18 bits per heavy atom. The Morgan fingerprint density at radius 2 is 1.50 bits per heavy atom. The van der Waals surface area contributed by atoms with Crippen LogP contribution in [-0.2, 0) is 16.1 Å². The van der Waals surface area contributed by atoms with Crippen molar-refractivity contribution in [2.45, 2.75) is 6.54 Å². The first-order valence-electron chi connectivity index (χ1n) is 8.75. The number of nitrogen functional groups attached to an aromatic ring is 1. The number of hydrogen-bond acceptors (Lipinski definition) is 4. The van der Waals surface area contributed by atoms with Crippen LogP contribution in [0.4, 0.5) is 17.1 Å². The molecule has 3 aromatic rings. The van der Waals surface area contributed by atoms with Crippen LogP contribution < -0.4 is 20.7 Å². The van der Waals surface area contributed by atoms with Crippen molar-refractivity contribution in [3.05, 3.63) is 84.4 Å². The van der Waals surface area contributed by atoms with E-state index in [1.807, 2.05) is 24.3 Å². The van der Waals surface area contributed by atoms with Crippen molar-refractivity contribution in [3.8, 4) is 5.75 Å². The SMILES string of the molecule is COc1ccccc1CNC(=O)C(=O)N(c1ccccc1)c1ccc(N)cc1. The summed E-state index contributed by atoms with van der Waals surface area (Å²) in [7, 11) is 1.56. The third-order valence-corrected chi connectivity index (χ3v) is 4.19. The topological polar surface area (TPSA) is 84.7 Å². The molecule has 0 fully saturated rings. The number of benzene rings is 3. The quantitative estimate of drug-likeness (QED) is 0.530. The van der Waals surface area contributed by atoms with E-state index >= 15 is 0 Å². The van der Waals surface area contributed by atoms with E-state index < -0.39 is 11.8 Å². The molecule has 0 unspecified atom stereocenters. The van der Waals surface area contributed by atoms with Gasteiger partial charge in [-0.05, 0) is 42.5 Å². The van der Waals surface area contributed by atoms with Crippen molar-refractivity contribution in [1.82, 2.24) is 5.32 Å². The molecule has 142 valence electrons. The highest BCUT2D eigenvalue weighted by Crippen LogP contribution is 2.26. The molecule has 3 aromatic carbocycles. The second-order valence-electron chi connectivity index (χ2n) is 6.06. The average molecular weight is 375 g/mol. The highest BCUT2D eigenvalue weighted by atomic mass is 16.5. The van der Waals surface area contributed by atoms with Crippen LogP contribution >= 0.6 is 0 Å². The lowest BCUT2D eigenvalue weighted by atomic mass is 10.2. The number of nitrogens with zero attached hydrogens (tertiary/aromatic N) is 1. The highest BCUT2D eigenvalue weighted by molar-refractivity contribution is 6.42. The summed E-state index contributed by atoms with van der Waals surface area (Å²) in [6, 6.07) is 23.1. The summed E-state index contributed by atoms with van der Waals surface area (Å²) in [6.07, 6.45) is 0. The number of para-hydroxylation sites is 2. The number of ether oxygens (including phenoxy) is 1. The van der Waals surface area contributed by atoms with Gasteiger partial charge in [0.2, 0.25) is 0 Å². The molecular formula is C22H21N3O3. The Morgan fingerprint density at radius 1 is 0.893 bits per heavy atom. The van der Waals surface area contributed by atoms with E-state index in [1.165, 1.54) is 4.90 Å². The first-order valence-corrected chi connectivity index (χ1v) is 8.75. The van der Waals surface area contributed by atoms with Gasteiger partial charge in [0.1, 0.15) is 5.75 Å². The molecule has 2 amide bonds. The molecule has 28 heavy (non-hydrogen) atoms. The van der Waals surface area contributed by atoms with E-state index in [0.717, 1.165) is 5.56 Å². The molecule has 0 aromatic heterocycles. The molecule has 0 atom stereocenters. The summed E-state index contributed by atoms with van der Waals surface area (Å²) >= 11 is 0. The van der Waals surface area contributed by atoms with Gasteiger partial charge in [-0.2, -0.15) is 0 Å². The van der Waals surface area contributed by atoms with Crippen LogP contribution in [-0.4, -0.2) is 18.9 Å². The fourth-order valence-electron chi connectivity index (χ4n) is 2.79. The zero-order valence-corrected chi connectivity index (χ0v) is 15.5. The zero-order chi connectivity index (χ0) is 19.9. The number of carbonyl (C=O) groups is 2. The number of nitrogens with two attached hydrogens (primary N) is 1. The first kappa shape index (κ1) is 19.0. The van der Waals surface area contributed by atoms with Crippen molar-refractivity contribution < 1.29 is 14.3 Å². The smallest absolute Gasteiger partial charge is 0.320 e. The zero-order valence-electron chi connectivity index (χ0n) is 15.5. The molecule has 0 spiro atoms. The molecule has 0 saturated carbocycles. The predicted molar refractivity (Wildman–Crippen MR) is 109 cm³/mol. The van der Waals surface area contributed by atoms with Gasteiger partial charge in [0.25, 0.3) is 0 Å². The van der Waals surface area contributed by atoms with Crippen LogP contribution in [0.25, 0.3) is 0 Å². The molecule has 0 radical (unpaired) electrons.